The Labute approximate surface area is 159 Å². The van der Waals surface area contributed by atoms with Crippen LogP contribution in [0.2, 0.25) is 0 Å². The van der Waals surface area contributed by atoms with E-state index in [1.807, 2.05) is 17.0 Å². The van der Waals surface area contributed by atoms with Gasteiger partial charge in [-0.05, 0) is 37.1 Å². The molecule has 3 N–H and O–H groups in total. The summed E-state index contributed by atoms with van der Waals surface area (Å²) in [6.07, 6.45) is 2.23. The summed E-state index contributed by atoms with van der Waals surface area (Å²) in [4.78, 5) is 16.0. The molecule has 7 heteroatoms. The molecular formula is C19H29N3O3S. The van der Waals surface area contributed by atoms with Gasteiger partial charge >= 0.3 is 0 Å². The standard InChI is InChI=1S/C19H29N3O3S/c20-6-8-24-9-10-25-11-12-26-18-5-1-4-16-17(18)14-22(19(16)23)15-3-2-7-21-13-15/h1,4-5,15,21H,2-3,6-14,20H2. The number of amides is 1. The Morgan fingerprint density at radius 3 is 2.85 bits per heavy atom. The van der Waals surface area contributed by atoms with Crippen LogP contribution >= 0.6 is 11.8 Å². The molecule has 1 fully saturated rings. The molecule has 1 amide bonds. The van der Waals surface area contributed by atoms with Gasteiger partial charge in [0, 0.05) is 41.9 Å². The van der Waals surface area contributed by atoms with Crippen LogP contribution in [-0.4, -0.2) is 68.7 Å². The first-order chi connectivity index (χ1) is 12.8. The van der Waals surface area contributed by atoms with Crippen molar-refractivity contribution in [3.8, 4) is 0 Å². The zero-order chi connectivity index (χ0) is 18.2. The lowest BCUT2D eigenvalue weighted by Gasteiger charge is -2.31. The fourth-order valence-corrected chi connectivity index (χ4v) is 4.42. The first-order valence-electron chi connectivity index (χ1n) is 9.43. The minimum atomic E-state index is 0.185. The zero-order valence-electron chi connectivity index (χ0n) is 15.2. The number of benzene rings is 1. The summed E-state index contributed by atoms with van der Waals surface area (Å²) < 4.78 is 10.9. The van der Waals surface area contributed by atoms with E-state index in [0.29, 0.717) is 39.0 Å². The fourth-order valence-electron chi connectivity index (χ4n) is 3.47. The molecule has 1 atom stereocenters. The van der Waals surface area contributed by atoms with Crippen LogP contribution in [0.3, 0.4) is 0 Å². The van der Waals surface area contributed by atoms with Gasteiger partial charge in [-0.1, -0.05) is 6.07 Å². The number of rotatable bonds is 10. The first kappa shape index (κ1) is 19.6. The molecule has 1 aromatic rings. The van der Waals surface area contributed by atoms with Crippen LogP contribution in [0.1, 0.15) is 28.8 Å². The maximum atomic E-state index is 12.8. The summed E-state index contributed by atoms with van der Waals surface area (Å²) in [5.74, 6) is 1.05. The van der Waals surface area contributed by atoms with Crippen molar-refractivity contribution in [1.82, 2.24) is 10.2 Å². The Morgan fingerprint density at radius 1 is 1.23 bits per heavy atom. The van der Waals surface area contributed by atoms with Crippen LogP contribution in [0, 0.1) is 0 Å². The van der Waals surface area contributed by atoms with E-state index >= 15 is 0 Å². The van der Waals surface area contributed by atoms with E-state index in [2.05, 4.69) is 11.4 Å². The molecule has 0 bridgehead atoms. The molecule has 3 rings (SSSR count). The van der Waals surface area contributed by atoms with Gasteiger partial charge in [0.25, 0.3) is 5.91 Å². The average Bonchev–Trinajstić information content (AvgIpc) is 3.02. The molecule has 2 heterocycles. The minimum absolute atomic E-state index is 0.185. The minimum Gasteiger partial charge on any atom is -0.378 e. The molecule has 1 saturated heterocycles. The van der Waals surface area contributed by atoms with E-state index in [0.717, 1.165) is 43.8 Å². The normalized spacial score (nSPS) is 19.8. The van der Waals surface area contributed by atoms with Crippen LogP contribution < -0.4 is 11.1 Å². The summed E-state index contributed by atoms with van der Waals surface area (Å²) in [6.45, 7) is 5.67. The van der Waals surface area contributed by atoms with Crippen LogP contribution in [0.5, 0.6) is 0 Å². The topological polar surface area (TPSA) is 76.8 Å². The van der Waals surface area contributed by atoms with Gasteiger partial charge in [-0.15, -0.1) is 11.8 Å². The van der Waals surface area contributed by atoms with Crippen LogP contribution in [0.4, 0.5) is 0 Å². The second kappa shape index (κ2) is 10.3. The van der Waals surface area contributed by atoms with E-state index in [-0.39, 0.29) is 5.91 Å². The molecule has 0 aromatic heterocycles. The lowest BCUT2D eigenvalue weighted by atomic mass is 10.1. The quantitative estimate of drug-likeness (QED) is 0.474. The van der Waals surface area contributed by atoms with Crippen LogP contribution in [-0.2, 0) is 16.0 Å². The molecule has 144 valence electrons. The number of carbonyl (C=O) groups is 1. The molecule has 2 aliphatic heterocycles. The van der Waals surface area contributed by atoms with Gasteiger partial charge in [0.05, 0.1) is 26.4 Å². The van der Waals surface area contributed by atoms with E-state index in [1.54, 1.807) is 11.8 Å². The highest BCUT2D eigenvalue weighted by molar-refractivity contribution is 7.99. The highest BCUT2D eigenvalue weighted by Crippen LogP contribution is 2.33. The van der Waals surface area contributed by atoms with E-state index in [1.165, 1.54) is 10.5 Å². The fraction of sp³-hybridized carbons (Fsp3) is 0.632. The monoisotopic (exact) mass is 379 g/mol. The van der Waals surface area contributed by atoms with E-state index in [9.17, 15) is 4.79 Å². The number of hydrogen-bond acceptors (Lipinski definition) is 6. The molecule has 0 aliphatic carbocycles. The molecular weight excluding hydrogens is 350 g/mol. The third kappa shape index (κ3) is 4.98. The molecule has 26 heavy (non-hydrogen) atoms. The van der Waals surface area contributed by atoms with Gasteiger partial charge < -0.3 is 25.4 Å². The number of ether oxygens (including phenoxy) is 2. The molecule has 0 saturated carbocycles. The molecule has 1 aromatic carbocycles. The third-order valence-electron chi connectivity index (χ3n) is 4.78. The first-order valence-corrected chi connectivity index (χ1v) is 10.4. The third-order valence-corrected chi connectivity index (χ3v) is 5.85. The predicted molar refractivity (Wildman–Crippen MR) is 104 cm³/mol. The Hall–Kier alpha value is -1.12. The van der Waals surface area contributed by atoms with Crippen molar-refractivity contribution in [2.75, 3.05) is 51.8 Å². The summed E-state index contributed by atoms with van der Waals surface area (Å²) in [6, 6.07) is 6.38. The SMILES string of the molecule is NCCOCCOCCSc1cccc2c1CN(C1CCCNC1)C2=O. The van der Waals surface area contributed by atoms with Crippen molar-refractivity contribution in [2.24, 2.45) is 5.73 Å². The van der Waals surface area contributed by atoms with Gasteiger partial charge in [0.15, 0.2) is 0 Å². The van der Waals surface area contributed by atoms with Crippen molar-refractivity contribution in [1.29, 1.82) is 0 Å². The number of hydrogen-bond donors (Lipinski definition) is 2. The molecule has 6 nitrogen and oxygen atoms in total. The number of carbonyl (C=O) groups excluding carboxylic acids is 1. The second-order valence-corrected chi connectivity index (χ2v) is 7.71. The number of nitrogens with one attached hydrogen (secondary N) is 1. The number of fused-ring (bicyclic) bond motifs is 1. The van der Waals surface area contributed by atoms with Crippen LogP contribution in [0.15, 0.2) is 23.1 Å². The smallest absolute Gasteiger partial charge is 0.254 e. The number of piperidine rings is 1. The Bertz CT molecular complexity index is 593. The lowest BCUT2D eigenvalue weighted by molar-refractivity contribution is 0.0571. The van der Waals surface area contributed by atoms with Crippen molar-refractivity contribution in [3.05, 3.63) is 29.3 Å². The van der Waals surface area contributed by atoms with Gasteiger partial charge in [0.1, 0.15) is 0 Å². The largest absolute Gasteiger partial charge is 0.378 e. The van der Waals surface area contributed by atoms with Gasteiger partial charge in [-0.3, -0.25) is 4.79 Å². The zero-order valence-corrected chi connectivity index (χ0v) is 16.1. The molecule has 1 unspecified atom stereocenters. The lowest BCUT2D eigenvalue weighted by Crippen LogP contribution is -2.46. The molecule has 0 spiro atoms. The molecule has 2 aliphatic rings. The maximum absolute atomic E-state index is 12.8. The second-order valence-electron chi connectivity index (χ2n) is 6.58. The van der Waals surface area contributed by atoms with Crippen molar-refractivity contribution in [2.45, 2.75) is 30.3 Å². The summed E-state index contributed by atoms with van der Waals surface area (Å²) in [7, 11) is 0. The van der Waals surface area contributed by atoms with Crippen molar-refractivity contribution >= 4 is 17.7 Å². The Kier molecular flexibility index (Phi) is 7.76. The van der Waals surface area contributed by atoms with E-state index in [4.69, 9.17) is 15.2 Å². The van der Waals surface area contributed by atoms with Crippen molar-refractivity contribution < 1.29 is 14.3 Å². The Balaban J connectivity index is 1.48. The Morgan fingerprint density at radius 2 is 2.08 bits per heavy atom. The van der Waals surface area contributed by atoms with Crippen LogP contribution in [0.25, 0.3) is 0 Å². The highest BCUT2D eigenvalue weighted by atomic mass is 32.2. The van der Waals surface area contributed by atoms with Gasteiger partial charge in [0.2, 0.25) is 0 Å². The highest BCUT2D eigenvalue weighted by Gasteiger charge is 2.34. The average molecular weight is 380 g/mol. The van der Waals surface area contributed by atoms with Gasteiger partial charge in [-0.25, -0.2) is 0 Å². The van der Waals surface area contributed by atoms with E-state index < -0.39 is 0 Å². The van der Waals surface area contributed by atoms with Crippen molar-refractivity contribution in [3.63, 3.8) is 0 Å². The summed E-state index contributed by atoms with van der Waals surface area (Å²) >= 11 is 1.76. The number of thioether (sulfide) groups is 1. The summed E-state index contributed by atoms with van der Waals surface area (Å²) in [5, 5.41) is 3.41. The maximum Gasteiger partial charge on any atom is 0.254 e. The molecule has 0 radical (unpaired) electrons. The number of nitrogens with two attached hydrogens (primary N) is 1. The predicted octanol–water partition coefficient (Wildman–Crippen LogP) is 1.48. The summed E-state index contributed by atoms with van der Waals surface area (Å²) in [5.41, 5.74) is 7.42. The number of nitrogens with zero attached hydrogens (tertiary/aromatic N) is 1. The van der Waals surface area contributed by atoms with Gasteiger partial charge in [-0.2, -0.15) is 0 Å².